The first-order valence-electron chi connectivity index (χ1n) is 6.84. The van der Waals surface area contributed by atoms with E-state index in [1.165, 1.54) is 25.0 Å². The molecule has 1 N–H and O–H groups in total. The lowest BCUT2D eigenvalue weighted by Gasteiger charge is -2.15. The molecule has 1 heterocycles. The van der Waals surface area contributed by atoms with E-state index >= 15 is 0 Å². The van der Waals surface area contributed by atoms with Gasteiger partial charge in [0.25, 0.3) is 0 Å². The molecule has 0 aliphatic heterocycles. The van der Waals surface area contributed by atoms with Gasteiger partial charge in [0, 0.05) is 31.6 Å². The first kappa shape index (κ1) is 13.5. The van der Waals surface area contributed by atoms with Gasteiger partial charge < -0.3 is 10.2 Å². The van der Waals surface area contributed by atoms with Crippen LogP contribution in [0.5, 0.6) is 0 Å². The molecule has 0 bridgehead atoms. The van der Waals surface area contributed by atoms with E-state index in [0.717, 1.165) is 29.5 Å². The summed E-state index contributed by atoms with van der Waals surface area (Å²) in [4.78, 5) is 6.73. The zero-order valence-electron chi connectivity index (χ0n) is 11.5. The topological polar surface area (TPSA) is 28.2 Å². The predicted octanol–water partition coefficient (Wildman–Crippen LogP) is 3.17. The summed E-state index contributed by atoms with van der Waals surface area (Å²) in [7, 11) is 2.01. The minimum Gasteiger partial charge on any atom is -0.347 e. The van der Waals surface area contributed by atoms with Crippen LogP contribution in [0.4, 0.5) is 9.52 Å². The minimum absolute atomic E-state index is 0.195. The number of thiazole rings is 1. The zero-order valence-corrected chi connectivity index (χ0v) is 12.3. The molecule has 0 atom stereocenters. The van der Waals surface area contributed by atoms with Crippen LogP contribution in [0, 0.1) is 5.82 Å². The Balaban J connectivity index is 1.58. The lowest BCUT2D eigenvalue weighted by Crippen LogP contribution is -2.17. The second kappa shape index (κ2) is 5.89. The number of aromatic nitrogens is 1. The highest BCUT2D eigenvalue weighted by atomic mass is 32.1. The van der Waals surface area contributed by atoms with Gasteiger partial charge in [0.2, 0.25) is 0 Å². The van der Waals surface area contributed by atoms with Crippen molar-refractivity contribution in [3.63, 3.8) is 0 Å². The zero-order chi connectivity index (χ0) is 13.9. The molecule has 0 saturated heterocycles. The highest BCUT2D eigenvalue weighted by Gasteiger charge is 2.20. The lowest BCUT2D eigenvalue weighted by molar-refractivity contribution is 0.627. The summed E-state index contributed by atoms with van der Waals surface area (Å²) in [6.07, 6.45) is 2.59. The van der Waals surface area contributed by atoms with Crippen LogP contribution in [0.15, 0.2) is 29.6 Å². The molecule has 1 saturated carbocycles. The summed E-state index contributed by atoms with van der Waals surface area (Å²) < 4.78 is 12.9. The van der Waals surface area contributed by atoms with Crippen LogP contribution in [0.3, 0.4) is 0 Å². The molecule has 1 aromatic carbocycles. The van der Waals surface area contributed by atoms with Gasteiger partial charge in [0.05, 0.1) is 5.69 Å². The number of nitrogens with zero attached hydrogens (tertiary/aromatic N) is 2. The third-order valence-electron chi connectivity index (χ3n) is 3.35. The van der Waals surface area contributed by atoms with Crippen LogP contribution in [-0.4, -0.2) is 18.1 Å². The van der Waals surface area contributed by atoms with Crippen molar-refractivity contribution in [3.05, 3.63) is 46.7 Å². The van der Waals surface area contributed by atoms with E-state index < -0.39 is 0 Å². The molecule has 1 aliphatic carbocycles. The summed E-state index contributed by atoms with van der Waals surface area (Å²) in [5.74, 6) is -0.195. The number of benzene rings is 1. The molecule has 0 spiro atoms. The Morgan fingerprint density at radius 3 is 2.80 bits per heavy atom. The number of halogens is 1. The third-order valence-corrected chi connectivity index (χ3v) is 4.35. The van der Waals surface area contributed by atoms with Gasteiger partial charge in [-0.25, -0.2) is 9.37 Å². The van der Waals surface area contributed by atoms with Crippen molar-refractivity contribution in [3.8, 4) is 0 Å². The van der Waals surface area contributed by atoms with Gasteiger partial charge in [-0.15, -0.1) is 11.3 Å². The summed E-state index contributed by atoms with van der Waals surface area (Å²) in [6, 6.07) is 7.33. The van der Waals surface area contributed by atoms with Crippen LogP contribution < -0.4 is 10.2 Å². The maximum absolute atomic E-state index is 12.9. The predicted molar refractivity (Wildman–Crippen MR) is 80.5 cm³/mol. The van der Waals surface area contributed by atoms with E-state index in [9.17, 15) is 4.39 Å². The Hall–Kier alpha value is -1.46. The Morgan fingerprint density at radius 2 is 2.10 bits per heavy atom. The van der Waals surface area contributed by atoms with Crippen molar-refractivity contribution in [1.29, 1.82) is 0 Å². The summed E-state index contributed by atoms with van der Waals surface area (Å²) in [5.41, 5.74) is 2.18. The van der Waals surface area contributed by atoms with Crippen LogP contribution in [0.25, 0.3) is 0 Å². The first-order chi connectivity index (χ1) is 9.70. The van der Waals surface area contributed by atoms with Crippen molar-refractivity contribution in [2.75, 3.05) is 11.9 Å². The molecular formula is C15H18FN3S. The van der Waals surface area contributed by atoms with Crippen molar-refractivity contribution in [2.24, 2.45) is 0 Å². The first-order valence-corrected chi connectivity index (χ1v) is 7.72. The fourth-order valence-corrected chi connectivity index (χ4v) is 2.81. The smallest absolute Gasteiger partial charge is 0.185 e. The van der Waals surface area contributed by atoms with Crippen LogP contribution in [0.2, 0.25) is 0 Å². The standard InChI is InChI=1S/C15H18FN3S/c1-19(9-11-2-4-12(16)5-3-11)15-18-14(10-20-15)8-17-13-6-7-13/h2-5,10,13,17H,6-9H2,1H3. The summed E-state index contributed by atoms with van der Waals surface area (Å²) in [6.45, 7) is 1.59. The molecule has 2 aromatic rings. The fourth-order valence-electron chi connectivity index (χ4n) is 2.02. The second-order valence-corrected chi connectivity index (χ2v) is 6.10. The Labute approximate surface area is 122 Å². The van der Waals surface area contributed by atoms with Crippen molar-refractivity contribution in [1.82, 2.24) is 10.3 Å². The number of rotatable bonds is 6. The molecule has 20 heavy (non-hydrogen) atoms. The van der Waals surface area contributed by atoms with E-state index in [4.69, 9.17) is 0 Å². The second-order valence-electron chi connectivity index (χ2n) is 5.26. The normalized spacial score (nSPS) is 14.5. The number of hydrogen-bond donors (Lipinski definition) is 1. The maximum atomic E-state index is 12.9. The molecule has 0 unspecified atom stereocenters. The largest absolute Gasteiger partial charge is 0.347 e. The number of anilines is 1. The highest BCUT2D eigenvalue weighted by Crippen LogP contribution is 2.23. The van der Waals surface area contributed by atoms with E-state index in [1.54, 1.807) is 11.3 Å². The minimum atomic E-state index is -0.195. The monoisotopic (exact) mass is 291 g/mol. The average Bonchev–Trinajstić information content (AvgIpc) is 3.15. The quantitative estimate of drug-likeness (QED) is 0.886. The van der Waals surface area contributed by atoms with Crippen LogP contribution in [-0.2, 0) is 13.1 Å². The van der Waals surface area contributed by atoms with Gasteiger partial charge in [0.1, 0.15) is 5.82 Å². The van der Waals surface area contributed by atoms with Crippen LogP contribution in [0.1, 0.15) is 24.1 Å². The molecule has 0 amide bonds. The molecule has 3 rings (SSSR count). The lowest BCUT2D eigenvalue weighted by atomic mass is 10.2. The summed E-state index contributed by atoms with van der Waals surface area (Å²) >= 11 is 1.65. The van der Waals surface area contributed by atoms with Crippen LogP contribution >= 0.6 is 11.3 Å². The van der Waals surface area contributed by atoms with Gasteiger partial charge in [-0.1, -0.05) is 12.1 Å². The molecule has 106 valence electrons. The molecule has 1 aliphatic rings. The molecular weight excluding hydrogens is 273 g/mol. The van der Waals surface area contributed by atoms with Crippen molar-refractivity contribution >= 4 is 16.5 Å². The molecule has 1 fully saturated rings. The SMILES string of the molecule is CN(Cc1ccc(F)cc1)c1nc(CNC2CC2)cs1. The molecule has 1 aromatic heterocycles. The van der Waals surface area contributed by atoms with Gasteiger partial charge in [-0.2, -0.15) is 0 Å². The number of hydrogen-bond acceptors (Lipinski definition) is 4. The van der Waals surface area contributed by atoms with E-state index in [1.807, 2.05) is 19.2 Å². The van der Waals surface area contributed by atoms with E-state index in [0.29, 0.717) is 6.04 Å². The molecule has 5 heteroatoms. The Bertz CT molecular complexity index is 563. The fraction of sp³-hybridized carbons (Fsp3) is 0.400. The number of nitrogens with one attached hydrogen (secondary N) is 1. The van der Waals surface area contributed by atoms with Gasteiger partial charge >= 0.3 is 0 Å². The van der Waals surface area contributed by atoms with E-state index in [-0.39, 0.29) is 5.82 Å². The van der Waals surface area contributed by atoms with Gasteiger partial charge in [-0.3, -0.25) is 0 Å². The van der Waals surface area contributed by atoms with Gasteiger partial charge in [0.15, 0.2) is 5.13 Å². The third kappa shape index (κ3) is 3.55. The Kier molecular flexibility index (Phi) is 3.98. The average molecular weight is 291 g/mol. The van der Waals surface area contributed by atoms with Gasteiger partial charge in [-0.05, 0) is 30.5 Å². The maximum Gasteiger partial charge on any atom is 0.185 e. The highest BCUT2D eigenvalue weighted by molar-refractivity contribution is 7.13. The molecule has 3 nitrogen and oxygen atoms in total. The molecule has 0 radical (unpaired) electrons. The van der Waals surface area contributed by atoms with Crippen molar-refractivity contribution < 1.29 is 4.39 Å². The van der Waals surface area contributed by atoms with E-state index in [2.05, 4.69) is 20.6 Å². The van der Waals surface area contributed by atoms with Crippen molar-refractivity contribution in [2.45, 2.75) is 32.0 Å². The summed E-state index contributed by atoms with van der Waals surface area (Å²) in [5, 5.41) is 6.57. The Morgan fingerprint density at radius 1 is 1.35 bits per heavy atom.